The summed E-state index contributed by atoms with van der Waals surface area (Å²) in [6.45, 7) is 2.02. The number of piperazine rings is 1. The standard InChI is InChI=1S/C8H11N5O3/c1-4-11-8(16-13-4)12-7(15)5-2-10-6(14)3-9-5/h5,9H,2-3H2,1H3,(H,10,14)(H,11,12,13,15). The minimum atomic E-state index is -0.482. The normalized spacial score (nSPS) is 20.3. The zero-order valence-corrected chi connectivity index (χ0v) is 8.61. The van der Waals surface area contributed by atoms with Gasteiger partial charge in [-0.25, -0.2) is 0 Å². The van der Waals surface area contributed by atoms with Crippen LogP contribution in [0.1, 0.15) is 5.82 Å². The van der Waals surface area contributed by atoms with Crippen molar-refractivity contribution in [3.8, 4) is 0 Å². The van der Waals surface area contributed by atoms with Gasteiger partial charge in [-0.3, -0.25) is 20.2 Å². The number of nitrogens with zero attached hydrogens (tertiary/aromatic N) is 2. The molecule has 1 atom stereocenters. The SMILES string of the molecule is Cc1noc(NC(=O)C2CNC(=O)CN2)n1. The molecule has 1 aliphatic heterocycles. The van der Waals surface area contributed by atoms with Gasteiger partial charge in [0.05, 0.1) is 6.54 Å². The number of nitrogens with one attached hydrogen (secondary N) is 3. The highest BCUT2D eigenvalue weighted by Crippen LogP contribution is 2.03. The first kappa shape index (κ1) is 10.6. The molecule has 2 amide bonds. The third-order valence-electron chi connectivity index (χ3n) is 2.09. The van der Waals surface area contributed by atoms with Gasteiger partial charge in [0.25, 0.3) is 0 Å². The topological polar surface area (TPSA) is 109 Å². The van der Waals surface area contributed by atoms with Crippen LogP contribution in [0.2, 0.25) is 0 Å². The molecule has 0 radical (unpaired) electrons. The Kier molecular flexibility index (Phi) is 2.82. The fourth-order valence-electron chi connectivity index (χ4n) is 1.29. The van der Waals surface area contributed by atoms with Crippen molar-refractivity contribution in [1.29, 1.82) is 0 Å². The Labute approximate surface area is 90.8 Å². The van der Waals surface area contributed by atoms with E-state index in [2.05, 4.69) is 26.1 Å². The van der Waals surface area contributed by atoms with E-state index in [-0.39, 0.29) is 30.9 Å². The molecule has 0 aliphatic carbocycles. The second kappa shape index (κ2) is 4.27. The van der Waals surface area contributed by atoms with Crippen LogP contribution in [-0.4, -0.2) is 41.1 Å². The number of carbonyl (C=O) groups excluding carboxylic acids is 2. The van der Waals surface area contributed by atoms with Gasteiger partial charge in [-0.05, 0) is 6.92 Å². The third kappa shape index (κ3) is 2.34. The molecule has 1 aromatic rings. The van der Waals surface area contributed by atoms with E-state index in [9.17, 15) is 9.59 Å². The van der Waals surface area contributed by atoms with E-state index >= 15 is 0 Å². The van der Waals surface area contributed by atoms with Gasteiger partial charge in [0.1, 0.15) is 6.04 Å². The molecule has 1 fully saturated rings. The average molecular weight is 225 g/mol. The lowest BCUT2D eigenvalue weighted by atomic mass is 10.2. The molecule has 1 saturated heterocycles. The smallest absolute Gasteiger partial charge is 0.328 e. The molecule has 86 valence electrons. The summed E-state index contributed by atoms with van der Waals surface area (Å²) < 4.78 is 4.74. The van der Waals surface area contributed by atoms with Crippen molar-refractivity contribution >= 4 is 17.8 Å². The summed E-state index contributed by atoms with van der Waals surface area (Å²) in [5, 5.41) is 11.3. The van der Waals surface area contributed by atoms with Gasteiger partial charge in [-0.2, -0.15) is 4.98 Å². The van der Waals surface area contributed by atoms with Crippen LogP contribution in [0.4, 0.5) is 6.01 Å². The third-order valence-corrected chi connectivity index (χ3v) is 2.09. The number of carbonyl (C=O) groups is 2. The van der Waals surface area contributed by atoms with E-state index < -0.39 is 6.04 Å². The molecule has 0 bridgehead atoms. The number of hydrogen-bond donors (Lipinski definition) is 3. The van der Waals surface area contributed by atoms with Crippen LogP contribution in [0.25, 0.3) is 0 Å². The monoisotopic (exact) mass is 225 g/mol. The number of amides is 2. The van der Waals surface area contributed by atoms with E-state index in [1.165, 1.54) is 0 Å². The zero-order valence-electron chi connectivity index (χ0n) is 8.61. The van der Waals surface area contributed by atoms with Gasteiger partial charge < -0.3 is 9.84 Å². The molecule has 1 unspecified atom stereocenters. The van der Waals surface area contributed by atoms with Crippen molar-refractivity contribution in [2.75, 3.05) is 18.4 Å². The largest absolute Gasteiger partial charge is 0.353 e. The minimum Gasteiger partial charge on any atom is -0.353 e. The van der Waals surface area contributed by atoms with Crippen molar-refractivity contribution in [2.24, 2.45) is 0 Å². The molecule has 8 nitrogen and oxygen atoms in total. The van der Waals surface area contributed by atoms with Gasteiger partial charge in [-0.15, -0.1) is 0 Å². The number of aromatic nitrogens is 2. The molecule has 1 aliphatic rings. The Morgan fingerprint density at radius 3 is 3.00 bits per heavy atom. The van der Waals surface area contributed by atoms with E-state index in [0.29, 0.717) is 5.82 Å². The van der Waals surface area contributed by atoms with Crippen molar-refractivity contribution in [2.45, 2.75) is 13.0 Å². The fourth-order valence-corrected chi connectivity index (χ4v) is 1.29. The van der Waals surface area contributed by atoms with Gasteiger partial charge in [0.15, 0.2) is 5.82 Å². The number of rotatable bonds is 2. The minimum absolute atomic E-state index is 0.0567. The summed E-state index contributed by atoms with van der Waals surface area (Å²) in [6.07, 6.45) is 0. The molecular formula is C8H11N5O3. The Morgan fingerprint density at radius 2 is 2.44 bits per heavy atom. The number of anilines is 1. The highest BCUT2D eigenvalue weighted by Gasteiger charge is 2.24. The first-order valence-electron chi connectivity index (χ1n) is 4.76. The molecule has 2 rings (SSSR count). The Bertz CT molecular complexity index is 406. The van der Waals surface area contributed by atoms with E-state index in [0.717, 1.165) is 0 Å². The predicted molar refractivity (Wildman–Crippen MR) is 52.5 cm³/mol. The molecule has 16 heavy (non-hydrogen) atoms. The molecule has 2 heterocycles. The maximum absolute atomic E-state index is 11.6. The number of aryl methyl sites for hydroxylation is 1. The number of hydrogen-bond acceptors (Lipinski definition) is 6. The lowest BCUT2D eigenvalue weighted by Crippen LogP contribution is -2.56. The van der Waals surface area contributed by atoms with Gasteiger partial charge in [-0.1, -0.05) is 5.16 Å². The maximum Gasteiger partial charge on any atom is 0.328 e. The summed E-state index contributed by atoms with van der Waals surface area (Å²) in [7, 11) is 0. The summed E-state index contributed by atoms with van der Waals surface area (Å²) in [6, 6.07) is -0.425. The Balaban J connectivity index is 1.91. The predicted octanol–water partition coefficient (Wildman–Crippen LogP) is -1.60. The molecule has 3 N–H and O–H groups in total. The summed E-state index contributed by atoms with van der Waals surface area (Å²) in [5.41, 5.74) is 0. The van der Waals surface area contributed by atoms with Crippen LogP contribution in [0, 0.1) is 6.92 Å². The van der Waals surface area contributed by atoms with E-state index in [4.69, 9.17) is 4.52 Å². The van der Waals surface area contributed by atoms with Crippen molar-refractivity contribution in [3.05, 3.63) is 5.82 Å². The van der Waals surface area contributed by atoms with Crippen LogP contribution in [0.3, 0.4) is 0 Å². The zero-order chi connectivity index (χ0) is 11.5. The highest BCUT2D eigenvalue weighted by molar-refractivity contribution is 5.95. The first-order chi connectivity index (χ1) is 7.65. The molecule has 0 aromatic carbocycles. The Morgan fingerprint density at radius 1 is 1.62 bits per heavy atom. The van der Waals surface area contributed by atoms with Crippen LogP contribution < -0.4 is 16.0 Å². The molecule has 1 aromatic heterocycles. The molecule has 0 saturated carbocycles. The molecular weight excluding hydrogens is 214 g/mol. The summed E-state index contributed by atoms with van der Waals surface area (Å²) in [4.78, 5) is 26.3. The summed E-state index contributed by atoms with van der Waals surface area (Å²) >= 11 is 0. The van der Waals surface area contributed by atoms with Gasteiger partial charge in [0.2, 0.25) is 11.8 Å². The van der Waals surface area contributed by atoms with Crippen molar-refractivity contribution in [3.63, 3.8) is 0 Å². The molecule has 8 heteroatoms. The van der Waals surface area contributed by atoms with Crippen molar-refractivity contribution < 1.29 is 14.1 Å². The van der Waals surface area contributed by atoms with Crippen molar-refractivity contribution in [1.82, 2.24) is 20.8 Å². The van der Waals surface area contributed by atoms with Gasteiger partial charge in [0, 0.05) is 6.54 Å². The van der Waals surface area contributed by atoms with E-state index in [1.54, 1.807) is 6.92 Å². The Hall–Kier alpha value is -1.96. The fraction of sp³-hybridized carbons (Fsp3) is 0.500. The first-order valence-corrected chi connectivity index (χ1v) is 4.76. The van der Waals surface area contributed by atoms with Crippen LogP contribution in [-0.2, 0) is 9.59 Å². The van der Waals surface area contributed by atoms with Crippen LogP contribution >= 0.6 is 0 Å². The van der Waals surface area contributed by atoms with Crippen LogP contribution in [0.15, 0.2) is 4.52 Å². The quantitative estimate of drug-likeness (QED) is 0.559. The summed E-state index contributed by atoms with van der Waals surface area (Å²) in [5.74, 6) is 0.00143. The maximum atomic E-state index is 11.6. The second-order valence-electron chi connectivity index (χ2n) is 3.37. The second-order valence-corrected chi connectivity index (χ2v) is 3.37. The van der Waals surface area contributed by atoms with E-state index in [1.807, 2.05) is 0 Å². The van der Waals surface area contributed by atoms with Gasteiger partial charge >= 0.3 is 6.01 Å². The lowest BCUT2D eigenvalue weighted by Gasteiger charge is -2.22. The highest BCUT2D eigenvalue weighted by atomic mass is 16.5. The average Bonchev–Trinajstić information content (AvgIpc) is 2.65. The molecule has 0 spiro atoms. The lowest BCUT2D eigenvalue weighted by molar-refractivity contribution is -0.124. The van der Waals surface area contributed by atoms with Crippen LogP contribution in [0.5, 0.6) is 0 Å².